The van der Waals surface area contributed by atoms with Gasteiger partial charge in [-0.3, -0.25) is 4.99 Å². The van der Waals surface area contributed by atoms with Crippen molar-refractivity contribution < 1.29 is 0 Å². The SMILES string of the molecule is N/C=C\N=C1[B]C=CC(c2ccc3sc4ccccc4c3c2)=N1. The summed E-state index contributed by atoms with van der Waals surface area (Å²) in [5.41, 5.74) is 7.98. The number of hydrogen-bond acceptors (Lipinski definition) is 3. The van der Waals surface area contributed by atoms with Crippen LogP contribution in [0.25, 0.3) is 20.2 Å². The molecular formula is C18H13BN3S. The summed E-state index contributed by atoms with van der Waals surface area (Å²) >= 11 is 1.82. The largest absolute Gasteiger partial charge is 0.403 e. The van der Waals surface area contributed by atoms with E-state index < -0.39 is 0 Å². The van der Waals surface area contributed by atoms with Gasteiger partial charge < -0.3 is 5.73 Å². The summed E-state index contributed by atoms with van der Waals surface area (Å²) in [5, 5.41) is 2.57. The lowest BCUT2D eigenvalue weighted by Gasteiger charge is -2.07. The van der Waals surface area contributed by atoms with Crippen LogP contribution in [0.15, 0.2) is 76.9 Å². The Bertz CT molecular complexity index is 1010. The first-order valence-corrected chi connectivity index (χ1v) is 8.13. The Morgan fingerprint density at radius 3 is 2.87 bits per heavy atom. The fourth-order valence-electron chi connectivity index (χ4n) is 2.66. The fourth-order valence-corrected chi connectivity index (χ4v) is 3.75. The molecule has 1 radical (unpaired) electrons. The average molecular weight is 314 g/mol. The lowest BCUT2D eigenvalue weighted by Crippen LogP contribution is -2.13. The number of nitrogens with two attached hydrogens (primary N) is 1. The second-order valence-electron chi connectivity index (χ2n) is 5.16. The van der Waals surface area contributed by atoms with Gasteiger partial charge in [0.2, 0.25) is 7.28 Å². The lowest BCUT2D eigenvalue weighted by atomic mass is 9.74. The molecule has 5 heteroatoms. The number of aliphatic imine (C=N–C) groups is 2. The van der Waals surface area contributed by atoms with Crippen molar-refractivity contribution in [3.8, 4) is 0 Å². The van der Waals surface area contributed by atoms with Crippen molar-refractivity contribution in [1.82, 2.24) is 0 Å². The summed E-state index contributed by atoms with van der Waals surface area (Å²) in [7, 11) is 1.86. The van der Waals surface area contributed by atoms with Crippen LogP contribution in [-0.2, 0) is 0 Å². The van der Waals surface area contributed by atoms with E-state index >= 15 is 0 Å². The molecule has 3 nitrogen and oxygen atoms in total. The number of fused-ring (bicyclic) bond motifs is 3. The van der Waals surface area contributed by atoms with Crippen LogP contribution >= 0.6 is 11.3 Å². The molecule has 0 unspecified atom stereocenters. The van der Waals surface area contributed by atoms with Crippen molar-refractivity contribution in [3.05, 3.63) is 72.5 Å². The van der Waals surface area contributed by atoms with Gasteiger partial charge in [-0.25, -0.2) is 4.99 Å². The molecule has 109 valence electrons. The summed E-state index contributed by atoms with van der Waals surface area (Å²) in [6.45, 7) is 0. The second kappa shape index (κ2) is 5.86. The summed E-state index contributed by atoms with van der Waals surface area (Å²) in [5.74, 6) is 1.96. The van der Waals surface area contributed by atoms with E-state index in [1.807, 2.05) is 30.7 Å². The van der Waals surface area contributed by atoms with Gasteiger partial charge in [0.15, 0.2) is 0 Å². The first-order chi connectivity index (χ1) is 11.3. The standard InChI is InChI=1S/C18H13BN3S/c20-9-10-21-18-19-8-7-15(22-18)12-5-6-17-14(11-12)13-3-1-2-4-16(13)23-17/h1-11H,20H2/b10-9-,21-18?. The zero-order valence-electron chi connectivity index (χ0n) is 12.3. The molecule has 1 aliphatic heterocycles. The molecule has 0 saturated carbocycles. The molecule has 2 heterocycles. The van der Waals surface area contributed by atoms with E-state index in [1.54, 1.807) is 6.20 Å². The molecule has 1 aromatic heterocycles. The maximum atomic E-state index is 5.33. The molecule has 0 atom stereocenters. The lowest BCUT2D eigenvalue weighted by molar-refractivity contribution is 1.46. The average Bonchev–Trinajstić information content (AvgIpc) is 2.98. The first-order valence-electron chi connectivity index (χ1n) is 7.31. The molecule has 23 heavy (non-hydrogen) atoms. The third-order valence-electron chi connectivity index (χ3n) is 3.70. The van der Waals surface area contributed by atoms with Crippen LogP contribution in [0, 0.1) is 0 Å². The van der Waals surface area contributed by atoms with Gasteiger partial charge in [0.1, 0.15) is 0 Å². The van der Waals surface area contributed by atoms with E-state index in [4.69, 9.17) is 5.73 Å². The van der Waals surface area contributed by atoms with Crippen LogP contribution in [0.5, 0.6) is 0 Å². The summed E-state index contributed by atoms with van der Waals surface area (Å²) in [6.07, 6.45) is 4.94. The Balaban J connectivity index is 1.84. The molecule has 0 fully saturated rings. The van der Waals surface area contributed by atoms with Crippen LogP contribution in [0.2, 0.25) is 0 Å². The van der Waals surface area contributed by atoms with E-state index in [1.165, 1.54) is 26.4 Å². The predicted octanol–water partition coefficient (Wildman–Crippen LogP) is 3.86. The number of amidine groups is 1. The molecular weight excluding hydrogens is 301 g/mol. The van der Waals surface area contributed by atoms with E-state index in [2.05, 4.69) is 52.4 Å². The first kappa shape index (κ1) is 14.0. The van der Waals surface area contributed by atoms with Crippen LogP contribution in [-0.4, -0.2) is 18.7 Å². The summed E-state index contributed by atoms with van der Waals surface area (Å²) < 4.78 is 2.60. The van der Waals surface area contributed by atoms with Gasteiger partial charge in [0.25, 0.3) is 0 Å². The van der Waals surface area contributed by atoms with E-state index in [0.717, 1.165) is 11.3 Å². The van der Waals surface area contributed by atoms with Gasteiger partial charge in [0, 0.05) is 38.1 Å². The summed E-state index contributed by atoms with van der Waals surface area (Å²) in [6, 6.07) is 15.0. The van der Waals surface area contributed by atoms with Gasteiger partial charge >= 0.3 is 0 Å². The zero-order chi connectivity index (χ0) is 15.6. The Hall–Kier alpha value is -2.66. The van der Waals surface area contributed by atoms with Crippen LogP contribution in [0.3, 0.4) is 0 Å². The number of benzene rings is 2. The van der Waals surface area contributed by atoms with Gasteiger partial charge in [0.05, 0.1) is 11.4 Å². The highest BCUT2D eigenvalue weighted by Crippen LogP contribution is 2.34. The van der Waals surface area contributed by atoms with Gasteiger partial charge in [-0.2, -0.15) is 0 Å². The highest BCUT2D eigenvalue weighted by Gasteiger charge is 2.10. The number of thiophene rings is 1. The Morgan fingerprint density at radius 2 is 1.96 bits per heavy atom. The van der Waals surface area contributed by atoms with Crippen molar-refractivity contribution in [2.45, 2.75) is 0 Å². The molecule has 0 aliphatic carbocycles. The minimum atomic E-state index is 0.652. The van der Waals surface area contributed by atoms with Crippen LogP contribution in [0.4, 0.5) is 0 Å². The second-order valence-corrected chi connectivity index (χ2v) is 6.24. The zero-order valence-corrected chi connectivity index (χ0v) is 13.1. The van der Waals surface area contributed by atoms with Crippen molar-refractivity contribution in [2.75, 3.05) is 0 Å². The maximum absolute atomic E-state index is 5.33. The number of nitrogens with zero attached hydrogens (tertiary/aromatic N) is 2. The van der Waals surface area contributed by atoms with Crippen molar-refractivity contribution >= 4 is 50.2 Å². The molecule has 3 aromatic rings. The van der Waals surface area contributed by atoms with Crippen molar-refractivity contribution in [3.63, 3.8) is 0 Å². The van der Waals surface area contributed by atoms with Gasteiger partial charge in [-0.15, -0.1) is 17.3 Å². The minimum Gasteiger partial charge on any atom is -0.403 e. The smallest absolute Gasteiger partial charge is 0.234 e. The third-order valence-corrected chi connectivity index (χ3v) is 4.85. The van der Waals surface area contributed by atoms with Gasteiger partial charge in [-0.05, 0) is 24.3 Å². The predicted molar refractivity (Wildman–Crippen MR) is 102 cm³/mol. The van der Waals surface area contributed by atoms with Crippen LogP contribution < -0.4 is 5.73 Å². The van der Waals surface area contributed by atoms with E-state index in [0.29, 0.717) is 5.73 Å². The monoisotopic (exact) mass is 314 g/mol. The van der Waals surface area contributed by atoms with Crippen molar-refractivity contribution in [2.24, 2.45) is 15.7 Å². The highest BCUT2D eigenvalue weighted by atomic mass is 32.1. The highest BCUT2D eigenvalue weighted by molar-refractivity contribution is 7.25. The molecule has 1 aliphatic rings. The molecule has 0 spiro atoms. The Labute approximate surface area is 138 Å². The molecule has 0 amide bonds. The van der Waals surface area contributed by atoms with E-state index in [9.17, 15) is 0 Å². The maximum Gasteiger partial charge on any atom is 0.234 e. The molecule has 2 aromatic carbocycles. The minimum absolute atomic E-state index is 0.652. The van der Waals surface area contributed by atoms with E-state index in [-0.39, 0.29) is 0 Å². The topological polar surface area (TPSA) is 50.7 Å². The quantitative estimate of drug-likeness (QED) is 0.717. The Morgan fingerprint density at radius 1 is 1.09 bits per heavy atom. The summed E-state index contributed by atoms with van der Waals surface area (Å²) in [4.78, 5) is 8.78. The van der Waals surface area contributed by atoms with Gasteiger partial charge in [-0.1, -0.05) is 24.3 Å². The normalized spacial score (nSPS) is 16.3. The number of rotatable bonds is 2. The third kappa shape index (κ3) is 2.60. The fraction of sp³-hybridized carbons (Fsp3) is 0. The van der Waals surface area contributed by atoms with Crippen LogP contribution in [0.1, 0.15) is 5.56 Å². The molecule has 0 saturated heterocycles. The van der Waals surface area contributed by atoms with Crippen molar-refractivity contribution in [1.29, 1.82) is 0 Å². The molecule has 4 rings (SSSR count). The molecule has 2 N–H and O–H groups in total. The molecule has 0 bridgehead atoms. The number of allylic oxidation sites excluding steroid dienone is 1. The Kier molecular flexibility index (Phi) is 3.56. The number of hydrogen-bond donors (Lipinski definition) is 1.